The van der Waals surface area contributed by atoms with E-state index in [1.807, 2.05) is 0 Å². The summed E-state index contributed by atoms with van der Waals surface area (Å²) in [7, 11) is 0. The smallest absolute Gasteiger partial charge is 0.515 e. The summed E-state index contributed by atoms with van der Waals surface area (Å²) >= 11 is 0. The van der Waals surface area contributed by atoms with Crippen molar-refractivity contribution in [3.63, 3.8) is 0 Å². The number of benzene rings is 1. The first-order chi connectivity index (χ1) is 7.18. The van der Waals surface area contributed by atoms with Gasteiger partial charge < -0.3 is 17.7 Å². The predicted octanol–water partition coefficient (Wildman–Crippen LogP) is 3.47. The molecule has 0 aromatic heterocycles. The highest BCUT2D eigenvalue weighted by atomic mass is 19.4. The zero-order valence-electron chi connectivity index (χ0n) is 7.77. The minimum atomic E-state index is -5.17. The first kappa shape index (κ1) is 12.7. The molecule has 16 heavy (non-hydrogen) atoms. The summed E-state index contributed by atoms with van der Waals surface area (Å²) < 4.78 is 76.1. The molecular weight excluding hydrogens is 237 g/mol. The molecule has 0 aliphatic carbocycles. The summed E-state index contributed by atoms with van der Waals surface area (Å²) in [4.78, 5) is 0. The fourth-order valence-electron chi connectivity index (χ4n) is 0.953. The Bertz CT molecular complexity index is 358. The molecule has 1 aromatic rings. The summed E-state index contributed by atoms with van der Waals surface area (Å²) in [6, 6.07) is 3.31. The molecule has 0 radical (unpaired) electrons. The lowest BCUT2D eigenvalue weighted by atomic mass is 9.95. The van der Waals surface area contributed by atoms with Crippen LogP contribution in [0.3, 0.4) is 0 Å². The maximum Gasteiger partial charge on any atom is 0.515 e. The maximum atomic E-state index is 12.2. The summed E-state index contributed by atoms with van der Waals surface area (Å²) in [6.07, 6.45) is -4.59. The standard InChI is InChI=1S/C8H6BF6O/c10-8(11,12)6-2-1-3-7(4-6)16-5-9(13,14)15/h1-4H,5H2/q-1. The Morgan fingerprint density at radius 1 is 1.12 bits per heavy atom. The second-order valence-corrected chi connectivity index (χ2v) is 3.05. The Kier molecular flexibility index (Phi) is 3.40. The molecule has 90 valence electrons. The molecule has 0 unspecified atom stereocenters. The molecular formula is C8H6BF6O-. The van der Waals surface area contributed by atoms with E-state index in [9.17, 15) is 26.1 Å². The highest BCUT2D eigenvalue weighted by Gasteiger charge is 2.31. The van der Waals surface area contributed by atoms with Gasteiger partial charge in [-0.15, -0.1) is 0 Å². The summed E-state index contributed by atoms with van der Waals surface area (Å²) in [5.41, 5.74) is -1.04. The molecule has 1 rings (SSSR count). The van der Waals surface area contributed by atoms with Gasteiger partial charge in [0.05, 0.1) is 12.1 Å². The topological polar surface area (TPSA) is 9.23 Å². The molecule has 0 bridgehead atoms. The van der Waals surface area contributed by atoms with Crippen LogP contribution in [0.5, 0.6) is 5.75 Å². The molecule has 0 spiro atoms. The van der Waals surface area contributed by atoms with E-state index in [4.69, 9.17) is 0 Å². The van der Waals surface area contributed by atoms with E-state index in [0.717, 1.165) is 18.2 Å². The van der Waals surface area contributed by atoms with E-state index in [0.29, 0.717) is 6.07 Å². The largest absolute Gasteiger partial charge is 0.522 e. The highest BCUT2D eigenvalue weighted by Crippen LogP contribution is 2.31. The first-order valence-corrected chi connectivity index (χ1v) is 4.19. The number of ether oxygens (including phenoxy) is 1. The van der Waals surface area contributed by atoms with Crippen molar-refractivity contribution in [1.82, 2.24) is 0 Å². The number of hydrogen-bond donors (Lipinski definition) is 0. The summed E-state index contributed by atoms with van der Waals surface area (Å²) in [5, 5.41) is 0. The van der Waals surface area contributed by atoms with Crippen LogP contribution in [0.1, 0.15) is 5.56 Å². The van der Waals surface area contributed by atoms with E-state index in [1.165, 1.54) is 0 Å². The molecule has 0 saturated carbocycles. The second kappa shape index (κ2) is 4.27. The normalized spacial score (nSPS) is 12.6. The SMILES string of the molecule is F[B-](F)(F)COc1cccc(C(F)(F)F)c1. The lowest BCUT2D eigenvalue weighted by Gasteiger charge is -2.16. The van der Waals surface area contributed by atoms with Gasteiger partial charge in [-0.3, -0.25) is 0 Å². The van der Waals surface area contributed by atoms with Gasteiger partial charge >= 0.3 is 13.2 Å². The van der Waals surface area contributed by atoms with Crippen molar-refractivity contribution in [3.8, 4) is 5.75 Å². The van der Waals surface area contributed by atoms with Gasteiger partial charge in [0.2, 0.25) is 0 Å². The average molecular weight is 243 g/mol. The van der Waals surface area contributed by atoms with Gasteiger partial charge in [0.15, 0.2) is 0 Å². The van der Waals surface area contributed by atoms with Gasteiger partial charge in [-0.25, -0.2) is 0 Å². The predicted molar refractivity (Wildman–Crippen MR) is 46.0 cm³/mol. The molecule has 1 aromatic carbocycles. The van der Waals surface area contributed by atoms with E-state index < -0.39 is 31.0 Å². The van der Waals surface area contributed by atoms with Crippen molar-refractivity contribution in [1.29, 1.82) is 0 Å². The van der Waals surface area contributed by atoms with E-state index in [1.54, 1.807) is 0 Å². The van der Waals surface area contributed by atoms with Crippen LogP contribution in [0.2, 0.25) is 0 Å². The Hall–Kier alpha value is -1.34. The Balaban J connectivity index is 2.76. The van der Waals surface area contributed by atoms with Gasteiger partial charge in [-0.05, 0) is 18.2 Å². The van der Waals surface area contributed by atoms with E-state index >= 15 is 0 Å². The maximum absolute atomic E-state index is 12.2. The van der Waals surface area contributed by atoms with Crippen molar-refractivity contribution in [2.75, 3.05) is 6.51 Å². The molecule has 0 heterocycles. The first-order valence-electron chi connectivity index (χ1n) is 4.19. The zero-order valence-corrected chi connectivity index (χ0v) is 7.77. The molecule has 0 fully saturated rings. The zero-order chi connectivity index (χ0) is 12.4. The van der Waals surface area contributed by atoms with Crippen LogP contribution in [-0.2, 0) is 6.18 Å². The minimum Gasteiger partial charge on any atom is -0.522 e. The van der Waals surface area contributed by atoms with E-state index in [-0.39, 0.29) is 0 Å². The van der Waals surface area contributed by atoms with Crippen LogP contribution < -0.4 is 4.74 Å². The van der Waals surface area contributed by atoms with Crippen molar-refractivity contribution >= 4 is 6.98 Å². The summed E-state index contributed by atoms with van der Waals surface area (Å²) in [5.74, 6) is -0.450. The Morgan fingerprint density at radius 3 is 2.25 bits per heavy atom. The van der Waals surface area contributed by atoms with Gasteiger partial charge in [0.1, 0.15) is 5.75 Å². The van der Waals surface area contributed by atoms with Crippen molar-refractivity contribution in [2.45, 2.75) is 6.18 Å². The molecule has 0 aliphatic rings. The van der Waals surface area contributed by atoms with Crippen LogP contribution in [0, 0.1) is 0 Å². The van der Waals surface area contributed by atoms with Crippen LogP contribution in [0.4, 0.5) is 26.1 Å². The van der Waals surface area contributed by atoms with Crippen LogP contribution >= 0.6 is 0 Å². The number of hydrogen-bond acceptors (Lipinski definition) is 1. The molecule has 0 atom stereocenters. The van der Waals surface area contributed by atoms with Gasteiger partial charge in [-0.1, -0.05) is 6.07 Å². The number of rotatable bonds is 3. The monoisotopic (exact) mass is 243 g/mol. The molecule has 0 saturated heterocycles. The number of halogens is 6. The van der Waals surface area contributed by atoms with E-state index in [2.05, 4.69) is 4.74 Å². The highest BCUT2D eigenvalue weighted by molar-refractivity contribution is 6.58. The molecule has 0 amide bonds. The summed E-state index contributed by atoms with van der Waals surface area (Å²) in [6.45, 7) is -6.73. The Morgan fingerprint density at radius 2 is 1.75 bits per heavy atom. The Labute approximate surface area is 87.1 Å². The lowest BCUT2D eigenvalue weighted by Crippen LogP contribution is -2.26. The average Bonchev–Trinajstić information content (AvgIpc) is 2.13. The van der Waals surface area contributed by atoms with Crippen LogP contribution in [0.25, 0.3) is 0 Å². The fourth-order valence-corrected chi connectivity index (χ4v) is 0.953. The van der Waals surface area contributed by atoms with Crippen LogP contribution in [0.15, 0.2) is 24.3 Å². The minimum absolute atomic E-state index is 0.450. The molecule has 1 nitrogen and oxygen atoms in total. The van der Waals surface area contributed by atoms with Crippen molar-refractivity contribution in [2.24, 2.45) is 0 Å². The van der Waals surface area contributed by atoms with Crippen molar-refractivity contribution in [3.05, 3.63) is 29.8 Å². The van der Waals surface area contributed by atoms with Gasteiger partial charge in [0.25, 0.3) is 0 Å². The molecule has 0 N–H and O–H groups in total. The van der Waals surface area contributed by atoms with Crippen molar-refractivity contribution < 1.29 is 30.9 Å². The number of alkyl halides is 3. The van der Waals surface area contributed by atoms with Gasteiger partial charge in [-0.2, -0.15) is 13.2 Å². The fraction of sp³-hybridized carbons (Fsp3) is 0.250. The lowest BCUT2D eigenvalue weighted by molar-refractivity contribution is -0.137. The second-order valence-electron chi connectivity index (χ2n) is 3.05. The molecule has 8 heteroatoms. The third kappa shape index (κ3) is 4.04. The quantitative estimate of drug-likeness (QED) is 0.583. The third-order valence-electron chi connectivity index (χ3n) is 1.60. The van der Waals surface area contributed by atoms with Crippen LogP contribution in [-0.4, -0.2) is 13.5 Å². The molecule has 0 aliphatic heterocycles. The van der Waals surface area contributed by atoms with Gasteiger partial charge in [0, 0.05) is 0 Å². The third-order valence-corrected chi connectivity index (χ3v) is 1.60.